The molecule has 45 heteroatoms. The number of aromatic nitrogens is 20. The van der Waals surface area contributed by atoms with Crippen LogP contribution in [-0.4, -0.2) is 250 Å². The lowest BCUT2D eigenvalue weighted by Gasteiger charge is -2.19. The lowest BCUT2D eigenvalue weighted by molar-refractivity contribution is -0.118. The smallest absolute Gasteiger partial charge is 0.256 e. The number of nitrogens with one attached hydrogen (secondary N) is 8. The van der Waals surface area contributed by atoms with Crippen LogP contribution in [0.4, 0.5) is 86.9 Å². The molecular formula is C80H97ClF4N32O8. The number of nitrogens with zero attached hydrogens (tertiary/aromatic N) is 24. The van der Waals surface area contributed by atoms with Crippen molar-refractivity contribution >= 4 is 127 Å². The Labute approximate surface area is 718 Å². The predicted molar refractivity (Wildman–Crippen MR) is 462 cm³/mol. The van der Waals surface area contributed by atoms with Crippen LogP contribution < -0.4 is 81.1 Å². The van der Waals surface area contributed by atoms with Crippen molar-refractivity contribution in [1.82, 2.24) is 118 Å². The fourth-order valence-corrected chi connectivity index (χ4v) is 15.1. The first-order valence-electron chi connectivity index (χ1n) is 39.9. The normalized spacial score (nSPS) is 19.0. The minimum absolute atomic E-state index is 0.0720. The minimum Gasteiger partial charge on any atom is -0.478 e. The number of anilines is 12. The van der Waals surface area contributed by atoms with E-state index in [0.29, 0.717) is 146 Å². The maximum absolute atomic E-state index is 14.7. The highest BCUT2D eigenvalue weighted by Gasteiger charge is 2.40. The van der Waals surface area contributed by atoms with Crippen molar-refractivity contribution < 1.29 is 55.7 Å². The van der Waals surface area contributed by atoms with Crippen LogP contribution in [0.5, 0.6) is 23.5 Å². The Kier molecular flexibility index (Phi) is 25.9. The van der Waals surface area contributed by atoms with E-state index in [9.17, 15) is 36.7 Å². The number of aryl methyl sites for hydroxylation is 5. The molecule has 12 aromatic heterocycles. The molecule has 0 radical (unpaired) electrons. The first-order valence-corrected chi connectivity index (χ1v) is 40.3. The number of fused-ring (bicyclic) bond motifs is 4. The molecule has 8 N–H and O–H groups in total. The van der Waals surface area contributed by atoms with E-state index in [1.807, 2.05) is 65.8 Å². The molecule has 4 amide bonds. The average molecular weight is 1750 g/mol. The van der Waals surface area contributed by atoms with E-state index in [1.165, 1.54) is 13.3 Å². The average Bonchev–Trinajstić information content (AvgIpc) is 1.61. The van der Waals surface area contributed by atoms with Crippen LogP contribution >= 0.6 is 11.6 Å². The van der Waals surface area contributed by atoms with Gasteiger partial charge in [-0.2, -0.15) is 0 Å². The summed E-state index contributed by atoms with van der Waals surface area (Å²) in [7, 11) is 13.3. The number of alkyl halides is 4. The van der Waals surface area contributed by atoms with Gasteiger partial charge >= 0.3 is 0 Å². The second-order valence-electron chi connectivity index (χ2n) is 30.4. The third-order valence-electron chi connectivity index (χ3n) is 21.3. The summed E-state index contributed by atoms with van der Waals surface area (Å²) in [5, 5.41) is 40.9. The summed E-state index contributed by atoms with van der Waals surface area (Å²) in [6.45, 7) is 21.5. The van der Waals surface area contributed by atoms with Gasteiger partial charge in [0.2, 0.25) is 23.6 Å². The highest BCUT2D eigenvalue weighted by Crippen LogP contribution is 2.43. The molecule has 12 aromatic rings. The first-order chi connectivity index (χ1) is 60.1. The highest BCUT2D eigenvalue weighted by atomic mass is 35.5. The monoisotopic (exact) mass is 1740 g/mol. The molecule has 1 saturated carbocycles. The molecule has 1 aliphatic carbocycles. The Hall–Kier alpha value is -14.2. The van der Waals surface area contributed by atoms with Crippen LogP contribution in [0.25, 0.3) is 22.6 Å². The molecule has 4 saturated heterocycles. The number of imidazole rings is 4. The summed E-state index contributed by atoms with van der Waals surface area (Å²) in [5.74, 6) is 4.88. The van der Waals surface area contributed by atoms with Gasteiger partial charge < -0.3 is 81.1 Å². The first kappa shape index (κ1) is 87.1. The van der Waals surface area contributed by atoms with Crippen LogP contribution in [0, 0.1) is 0 Å². The molecule has 5 fully saturated rings. The van der Waals surface area contributed by atoms with Gasteiger partial charge in [0.15, 0.2) is 45.9 Å². The van der Waals surface area contributed by atoms with Gasteiger partial charge in [0.25, 0.3) is 23.5 Å². The van der Waals surface area contributed by atoms with Gasteiger partial charge in [-0.05, 0) is 49.5 Å². The van der Waals surface area contributed by atoms with E-state index < -0.39 is 66.6 Å². The van der Waals surface area contributed by atoms with Crippen LogP contribution in [0.2, 0.25) is 5.15 Å². The van der Waals surface area contributed by atoms with Crippen molar-refractivity contribution in [3.63, 3.8) is 0 Å². The third kappa shape index (κ3) is 19.0. The standard InChI is InChI=1S/C21H25FN8O2.C21H27FN8O2.C20H25FN8O2.C18H20ClFN8O2/c1-4-18(31)24-14-10-29(8-13(14)22)17-11-30-16(12-5-6-12)7-23-20(30)19(26-17)25-15-9-28(2)27-21(15)32-3;1-6-18(31)24-14-10-29(8-13(14)22)17-11-30-16(12(2)3)7-23-20(30)19(26-17)25-15-9-28(4)27-21(15)32-5;1-5-12-7-22-19-18(24-15-9-27(3)26-20(15)31-4)25-16(11-29(12)19)28-8-13(21)14(10-28)23-17(30)6-2;1-4-15(29)22-11-8-27(6-10(11)20)14-9-28-13(19)5-21-17(28)16(24-14)23-12-7-26(2)25-18(12)30-3/h4,7,9,11-14H,1,5-6,8,10H2,2-3H3,(H,24,31)(H,25,26);6-7,9,11-14H,1,8,10H2,2-5H3,(H,24,31)(H,25,26);6-7,9,11,13-14H,2,5,8,10H2,1,3-4H3,(H,23,30)(H,24,25);4-5,7,9-11H,1,6,8H2,2-3H3,(H,22,29)(H,23,24). The number of carbonyl (C=O) groups excluding carboxylic acids is 4. The second-order valence-corrected chi connectivity index (χ2v) is 30.8. The fourth-order valence-electron chi connectivity index (χ4n) is 14.9. The van der Waals surface area contributed by atoms with Crippen molar-refractivity contribution in [2.45, 2.75) is 101 Å². The number of rotatable bonds is 27. The van der Waals surface area contributed by atoms with E-state index in [1.54, 1.807) is 115 Å². The highest BCUT2D eigenvalue weighted by molar-refractivity contribution is 6.29. The van der Waals surface area contributed by atoms with Gasteiger partial charge in [-0.25, -0.2) is 57.4 Å². The van der Waals surface area contributed by atoms with Crippen molar-refractivity contribution in [3.05, 3.63) is 147 Å². The molecule has 0 bridgehead atoms. The maximum Gasteiger partial charge on any atom is 0.256 e. The fraction of sp³-hybridized carbons (Fsp3) is 0.400. The predicted octanol–water partition coefficient (Wildman–Crippen LogP) is 7.39. The number of carbonyl (C=O) groups is 4. The molecule has 40 nitrogen and oxygen atoms in total. The van der Waals surface area contributed by atoms with E-state index in [2.05, 4.69) is 128 Å². The molecule has 5 aliphatic rings. The Morgan fingerprint density at radius 2 is 0.728 bits per heavy atom. The summed E-state index contributed by atoms with van der Waals surface area (Å²) in [5.41, 5.74) is 8.05. The van der Waals surface area contributed by atoms with E-state index in [-0.39, 0.29) is 44.5 Å². The lowest BCUT2D eigenvalue weighted by Crippen LogP contribution is -2.40. The van der Waals surface area contributed by atoms with Gasteiger partial charge in [0.05, 0.1) is 135 Å². The van der Waals surface area contributed by atoms with Crippen LogP contribution in [0.1, 0.15) is 62.5 Å². The summed E-state index contributed by atoms with van der Waals surface area (Å²) >= 11 is 6.28. The third-order valence-corrected chi connectivity index (χ3v) is 21.5. The van der Waals surface area contributed by atoms with E-state index >= 15 is 0 Å². The Balaban J connectivity index is 0.000000135. The molecule has 16 heterocycles. The molecule has 0 aromatic carbocycles. The summed E-state index contributed by atoms with van der Waals surface area (Å²) in [6, 6.07) is -2.56. The Morgan fingerprint density at radius 3 is 1.06 bits per heavy atom. The van der Waals surface area contributed by atoms with Gasteiger partial charge in [0, 0.05) is 96.0 Å². The molecule has 125 heavy (non-hydrogen) atoms. The summed E-state index contributed by atoms with van der Waals surface area (Å²) in [6.07, 6.45) is 24.0. The van der Waals surface area contributed by atoms with E-state index in [4.69, 9.17) is 45.5 Å². The second kappa shape index (κ2) is 37.2. The topological polar surface area (TPSA) is 406 Å². The summed E-state index contributed by atoms with van der Waals surface area (Å²) < 4.78 is 93.8. The number of hydrogen-bond donors (Lipinski definition) is 8. The number of hydrogen-bond acceptors (Lipinski definition) is 28. The van der Waals surface area contributed by atoms with Gasteiger partial charge in [-0.1, -0.05) is 58.7 Å². The Bertz CT molecular complexity index is 5830. The largest absolute Gasteiger partial charge is 0.478 e. The molecule has 8 unspecified atom stereocenters. The van der Waals surface area contributed by atoms with Gasteiger partial charge in [0.1, 0.15) is 75.9 Å². The SMILES string of the molecule is C=CC(=O)NC1CN(c2cn3c(C(C)C)cnc3c(Nc3cn(C)nc3OC)n2)CC1F.C=CC(=O)NC1CN(c2cn3c(C4CC4)cnc3c(Nc3cn(C)nc3OC)n2)CC1F.C=CC(=O)NC1CN(c2cn3c(CC)cnc3c(Nc3cn(C)nc3OC)n2)CC1F.C=CC(=O)NC1CN(c2cn3c(Cl)cnc3c(Nc3cn(C)nc3OC)n2)CC1F. The molecule has 0 spiro atoms. The van der Waals surface area contributed by atoms with Crippen LogP contribution in [-0.2, 0) is 53.8 Å². The number of methoxy groups -OCH3 is 4. The number of ether oxygens (including phenoxy) is 4. The van der Waals surface area contributed by atoms with E-state index in [0.717, 1.165) is 60.6 Å². The quantitative estimate of drug-likeness (QED) is 0.0184. The zero-order valence-electron chi connectivity index (χ0n) is 70.5. The Morgan fingerprint density at radius 1 is 0.432 bits per heavy atom. The van der Waals surface area contributed by atoms with Crippen LogP contribution in [0.15, 0.2) is 125 Å². The van der Waals surface area contributed by atoms with Crippen molar-refractivity contribution in [3.8, 4) is 23.5 Å². The zero-order valence-corrected chi connectivity index (χ0v) is 71.3. The minimum atomic E-state index is -1.25. The van der Waals surface area contributed by atoms with Gasteiger partial charge in [-0.15, -0.1) is 20.4 Å². The molecular weight excluding hydrogens is 1650 g/mol. The van der Waals surface area contributed by atoms with Crippen LogP contribution in [0.3, 0.4) is 0 Å². The maximum atomic E-state index is 14.7. The van der Waals surface area contributed by atoms with Crippen molar-refractivity contribution in [2.24, 2.45) is 28.2 Å². The van der Waals surface area contributed by atoms with Crippen molar-refractivity contribution in [1.29, 1.82) is 0 Å². The number of halogens is 5. The molecule has 4 aliphatic heterocycles. The lowest BCUT2D eigenvalue weighted by atomic mass is 10.1. The van der Waals surface area contributed by atoms with Crippen molar-refractivity contribution in [2.75, 3.05) is 122 Å². The van der Waals surface area contributed by atoms with Gasteiger partial charge in [-0.3, -0.25) is 55.5 Å². The number of amides is 4. The molecule has 17 rings (SSSR count). The molecule has 660 valence electrons. The molecule has 8 atom stereocenters. The zero-order chi connectivity index (χ0) is 88.9. The summed E-state index contributed by atoms with van der Waals surface area (Å²) in [4.78, 5) is 90.5.